The van der Waals surface area contributed by atoms with E-state index in [0.717, 1.165) is 25.7 Å². The fraction of sp³-hybridized carbons (Fsp3) is 0.875. The van der Waals surface area contributed by atoms with Crippen LogP contribution in [0.15, 0.2) is 0 Å². The van der Waals surface area contributed by atoms with E-state index in [1.807, 2.05) is 0 Å². The van der Waals surface area contributed by atoms with E-state index in [1.165, 1.54) is 20.3 Å². The van der Waals surface area contributed by atoms with Crippen molar-refractivity contribution >= 4 is 17.9 Å². The van der Waals surface area contributed by atoms with Crippen molar-refractivity contribution in [1.29, 1.82) is 0 Å². The molecule has 3 aliphatic carbocycles. The zero-order valence-corrected chi connectivity index (χ0v) is 19.0. The maximum Gasteiger partial charge on any atom is 0.313 e. The molecule has 3 saturated carbocycles. The van der Waals surface area contributed by atoms with Crippen LogP contribution in [0.5, 0.6) is 0 Å². The van der Waals surface area contributed by atoms with Crippen LogP contribution in [0.4, 0.5) is 0 Å². The van der Waals surface area contributed by atoms with Crippen LogP contribution in [0, 0.1) is 39.9 Å². The van der Waals surface area contributed by atoms with Gasteiger partial charge in [-0.3, -0.25) is 14.4 Å². The van der Waals surface area contributed by atoms with E-state index in [-0.39, 0.29) is 51.9 Å². The molecule has 4 aliphatic rings. The molecule has 6 nitrogen and oxygen atoms in total. The molecule has 4 rings (SSSR count). The average Bonchev–Trinajstić information content (AvgIpc) is 3.03. The standard InChI is InChI=1S/C24H36O6/c1-14(25)29-13-24-9-6-8-22(3,4)18(24)7-10-23(5)16-12-28-21(27)20(16)17(11-19(23)24)30-15(2)26/h16-20H,6-13H2,1-5H3/t16-,17+,18+,19+,20+,23+,24-/m1/s1. The van der Waals surface area contributed by atoms with Gasteiger partial charge in [0.05, 0.1) is 13.2 Å². The van der Waals surface area contributed by atoms with Crippen molar-refractivity contribution in [1.82, 2.24) is 0 Å². The van der Waals surface area contributed by atoms with Gasteiger partial charge in [0.15, 0.2) is 0 Å². The minimum atomic E-state index is -0.460. The number of fused-ring (bicyclic) bond motifs is 5. The molecule has 0 spiro atoms. The number of rotatable bonds is 3. The van der Waals surface area contributed by atoms with Gasteiger partial charge in [0, 0.05) is 25.2 Å². The number of hydrogen-bond donors (Lipinski definition) is 0. The Kier molecular flexibility index (Phi) is 5.22. The van der Waals surface area contributed by atoms with Crippen molar-refractivity contribution in [3.05, 3.63) is 0 Å². The molecule has 0 unspecified atom stereocenters. The molecule has 1 saturated heterocycles. The van der Waals surface area contributed by atoms with E-state index in [2.05, 4.69) is 20.8 Å². The molecule has 6 heteroatoms. The highest BCUT2D eigenvalue weighted by molar-refractivity contribution is 5.77. The van der Waals surface area contributed by atoms with Gasteiger partial charge in [0.25, 0.3) is 0 Å². The van der Waals surface area contributed by atoms with Crippen LogP contribution in [0.3, 0.4) is 0 Å². The summed E-state index contributed by atoms with van der Waals surface area (Å²) in [6.45, 7) is 10.7. The molecule has 0 amide bonds. The minimum absolute atomic E-state index is 0.0355. The molecule has 0 bridgehead atoms. The molecular formula is C24H36O6. The lowest BCUT2D eigenvalue weighted by Gasteiger charge is -2.66. The Balaban J connectivity index is 1.79. The average molecular weight is 421 g/mol. The first-order valence-corrected chi connectivity index (χ1v) is 11.5. The molecule has 0 N–H and O–H groups in total. The van der Waals surface area contributed by atoms with Gasteiger partial charge in [0.2, 0.25) is 0 Å². The highest BCUT2D eigenvalue weighted by Crippen LogP contribution is 2.70. The predicted octanol–water partition coefficient (Wildman–Crippen LogP) is 3.90. The topological polar surface area (TPSA) is 78.9 Å². The molecule has 4 fully saturated rings. The first-order valence-electron chi connectivity index (χ1n) is 11.5. The van der Waals surface area contributed by atoms with E-state index in [9.17, 15) is 14.4 Å². The van der Waals surface area contributed by atoms with Crippen LogP contribution in [0.1, 0.15) is 73.1 Å². The Morgan fingerprint density at radius 3 is 2.47 bits per heavy atom. The highest BCUT2D eigenvalue weighted by atomic mass is 16.6. The van der Waals surface area contributed by atoms with Crippen molar-refractivity contribution in [2.24, 2.45) is 39.9 Å². The third-order valence-electron chi connectivity index (χ3n) is 9.25. The lowest BCUT2D eigenvalue weighted by molar-refractivity contribution is -0.220. The Morgan fingerprint density at radius 1 is 1.07 bits per heavy atom. The minimum Gasteiger partial charge on any atom is -0.465 e. The lowest BCUT2D eigenvalue weighted by atomic mass is 9.38. The van der Waals surface area contributed by atoms with Crippen LogP contribution in [-0.4, -0.2) is 37.2 Å². The van der Waals surface area contributed by atoms with Crippen LogP contribution in [-0.2, 0) is 28.6 Å². The molecule has 0 aromatic carbocycles. The van der Waals surface area contributed by atoms with Crippen molar-refractivity contribution in [3.8, 4) is 0 Å². The van der Waals surface area contributed by atoms with E-state index < -0.39 is 6.10 Å². The summed E-state index contributed by atoms with van der Waals surface area (Å²) in [6.07, 6.45) is 5.55. The Hall–Kier alpha value is -1.59. The van der Waals surface area contributed by atoms with E-state index in [1.54, 1.807) is 0 Å². The van der Waals surface area contributed by atoms with Crippen molar-refractivity contribution in [2.75, 3.05) is 13.2 Å². The molecule has 168 valence electrons. The first-order chi connectivity index (χ1) is 14.0. The summed E-state index contributed by atoms with van der Waals surface area (Å²) in [5.41, 5.74) is -0.0948. The van der Waals surface area contributed by atoms with Gasteiger partial charge in [0.1, 0.15) is 12.0 Å². The largest absolute Gasteiger partial charge is 0.465 e. The summed E-state index contributed by atoms with van der Waals surface area (Å²) < 4.78 is 17.0. The molecule has 7 atom stereocenters. The van der Waals surface area contributed by atoms with Gasteiger partial charge in [-0.25, -0.2) is 0 Å². The smallest absolute Gasteiger partial charge is 0.313 e. The third kappa shape index (κ3) is 3.16. The van der Waals surface area contributed by atoms with E-state index in [0.29, 0.717) is 25.6 Å². The molecule has 30 heavy (non-hydrogen) atoms. The zero-order chi connectivity index (χ0) is 21.9. The number of cyclic esters (lactones) is 1. The number of carbonyl (C=O) groups excluding carboxylic acids is 3. The van der Waals surface area contributed by atoms with Gasteiger partial charge in [-0.05, 0) is 54.8 Å². The molecule has 1 heterocycles. The van der Waals surface area contributed by atoms with E-state index >= 15 is 0 Å². The molecular weight excluding hydrogens is 384 g/mol. The second-order valence-corrected chi connectivity index (χ2v) is 11.2. The van der Waals surface area contributed by atoms with Crippen molar-refractivity contribution in [3.63, 3.8) is 0 Å². The summed E-state index contributed by atoms with van der Waals surface area (Å²) in [5.74, 6) is -0.532. The molecule has 0 aromatic rings. The fourth-order valence-corrected chi connectivity index (χ4v) is 8.10. The van der Waals surface area contributed by atoms with Crippen molar-refractivity contribution < 1.29 is 28.6 Å². The van der Waals surface area contributed by atoms with Crippen LogP contribution >= 0.6 is 0 Å². The van der Waals surface area contributed by atoms with Crippen LogP contribution in [0.25, 0.3) is 0 Å². The Labute approximate surface area is 179 Å². The van der Waals surface area contributed by atoms with Gasteiger partial charge < -0.3 is 14.2 Å². The second kappa shape index (κ2) is 7.23. The Morgan fingerprint density at radius 2 is 1.80 bits per heavy atom. The first kappa shape index (κ1) is 21.6. The molecule has 0 radical (unpaired) electrons. The van der Waals surface area contributed by atoms with E-state index in [4.69, 9.17) is 14.2 Å². The van der Waals surface area contributed by atoms with Crippen LogP contribution < -0.4 is 0 Å². The summed E-state index contributed by atoms with van der Waals surface area (Å²) in [6, 6.07) is 0. The number of esters is 3. The fourth-order valence-electron chi connectivity index (χ4n) is 8.10. The lowest BCUT2D eigenvalue weighted by Crippen LogP contribution is -2.64. The third-order valence-corrected chi connectivity index (χ3v) is 9.25. The Bertz CT molecular complexity index is 744. The van der Waals surface area contributed by atoms with Crippen molar-refractivity contribution in [2.45, 2.75) is 79.2 Å². The number of carbonyl (C=O) groups is 3. The van der Waals surface area contributed by atoms with Gasteiger partial charge in [-0.2, -0.15) is 0 Å². The summed E-state index contributed by atoms with van der Waals surface area (Å²) >= 11 is 0. The zero-order valence-electron chi connectivity index (χ0n) is 19.0. The number of hydrogen-bond acceptors (Lipinski definition) is 6. The second-order valence-electron chi connectivity index (χ2n) is 11.2. The molecule has 0 aromatic heterocycles. The van der Waals surface area contributed by atoms with Gasteiger partial charge in [-0.15, -0.1) is 0 Å². The normalized spacial score (nSPS) is 44.2. The SMILES string of the molecule is CC(=O)OC[C@]12CCCC(C)(C)[C@@H]1CC[C@@]1(C)[C@@H]3COC(=O)[C@@H]3[C@@H](OC(C)=O)C[C@@H]12. The van der Waals surface area contributed by atoms with Gasteiger partial charge in [-0.1, -0.05) is 27.2 Å². The highest BCUT2D eigenvalue weighted by Gasteiger charge is 2.68. The molecule has 1 aliphatic heterocycles. The maximum absolute atomic E-state index is 12.6. The van der Waals surface area contributed by atoms with Gasteiger partial charge >= 0.3 is 17.9 Å². The monoisotopic (exact) mass is 420 g/mol. The number of ether oxygens (including phenoxy) is 3. The predicted molar refractivity (Wildman–Crippen MR) is 109 cm³/mol. The van der Waals surface area contributed by atoms with Crippen LogP contribution in [0.2, 0.25) is 0 Å². The summed E-state index contributed by atoms with van der Waals surface area (Å²) in [5, 5.41) is 0. The summed E-state index contributed by atoms with van der Waals surface area (Å²) in [4.78, 5) is 36.3. The summed E-state index contributed by atoms with van der Waals surface area (Å²) in [7, 11) is 0. The quantitative estimate of drug-likeness (QED) is 0.509. The maximum atomic E-state index is 12.6.